The summed E-state index contributed by atoms with van der Waals surface area (Å²) in [5.41, 5.74) is 5.26. The number of carboxylic acids is 1. The molecule has 0 aliphatic rings. The van der Waals surface area contributed by atoms with E-state index in [9.17, 15) is 23.8 Å². The first-order chi connectivity index (χ1) is 21.6. The summed E-state index contributed by atoms with van der Waals surface area (Å²) in [6.45, 7) is 2.44. The first-order valence-corrected chi connectivity index (χ1v) is 18.0. The monoisotopic (exact) mass is 659 g/mol. The molecule has 0 aliphatic heterocycles. The highest BCUT2D eigenvalue weighted by molar-refractivity contribution is 7.47. The van der Waals surface area contributed by atoms with Gasteiger partial charge in [0.25, 0.3) is 0 Å². The Labute approximate surface area is 270 Å². The van der Waals surface area contributed by atoms with Gasteiger partial charge in [-0.1, -0.05) is 95.2 Å². The van der Waals surface area contributed by atoms with Gasteiger partial charge in [0, 0.05) is 12.8 Å². The molecule has 4 N–H and O–H groups in total. The van der Waals surface area contributed by atoms with Crippen LogP contribution in [0, 0.1) is 0 Å². The summed E-state index contributed by atoms with van der Waals surface area (Å²) >= 11 is 0. The molecule has 0 amide bonds. The molecule has 260 valence electrons. The molecule has 0 heterocycles. The number of aliphatic carboxylic acids is 1. The van der Waals surface area contributed by atoms with Crippen molar-refractivity contribution in [3.63, 3.8) is 0 Å². The van der Waals surface area contributed by atoms with Crippen molar-refractivity contribution in [3.8, 4) is 0 Å². The number of carbonyl (C=O) groups excluding carboxylic acids is 2. The van der Waals surface area contributed by atoms with E-state index in [1.54, 1.807) is 0 Å². The standard InChI is InChI=1S/C33H58NO10P/c1-3-5-7-8-9-10-11-12-13-14-15-16-17-18-19-20-21-22-23-25-32(36)44-29(26-41-31(35)24-6-4-2)27-42-45(39,40)43-28-30(34)33(37)38/h9-10,12-13,15-16,29-30H,3-8,11,14,17-28,34H2,1-2H3,(H,37,38)(H,39,40)/b10-9-,13-12-,16-15-. The highest BCUT2D eigenvalue weighted by atomic mass is 31.2. The van der Waals surface area contributed by atoms with E-state index in [0.29, 0.717) is 12.8 Å². The van der Waals surface area contributed by atoms with Gasteiger partial charge in [0.2, 0.25) is 0 Å². The van der Waals surface area contributed by atoms with Gasteiger partial charge in [-0.15, -0.1) is 0 Å². The largest absolute Gasteiger partial charge is 0.480 e. The third-order valence-corrected chi connectivity index (χ3v) is 7.59. The molecular formula is C33H58NO10P. The number of ether oxygens (including phenoxy) is 2. The van der Waals surface area contributed by atoms with Gasteiger partial charge < -0.3 is 25.2 Å². The Kier molecular flexibility index (Phi) is 27.6. The molecule has 0 aromatic heterocycles. The van der Waals surface area contributed by atoms with Gasteiger partial charge in [-0.05, 0) is 51.4 Å². The van der Waals surface area contributed by atoms with Crippen LogP contribution in [-0.2, 0) is 37.5 Å². The van der Waals surface area contributed by atoms with Gasteiger partial charge in [0.05, 0.1) is 13.2 Å². The third kappa shape index (κ3) is 28.9. The zero-order valence-electron chi connectivity index (χ0n) is 27.4. The lowest BCUT2D eigenvalue weighted by Crippen LogP contribution is -2.34. The number of unbranched alkanes of at least 4 members (excludes halogenated alkanes) is 10. The molecule has 0 rings (SSSR count). The van der Waals surface area contributed by atoms with Gasteiger partial charge in [0.1, 0.15) is 12.6 Å². The first kappa shape index (κ1) is 42.7. The Morgan fingerprint density at radius 3 is 1.80 bits per heavy atom. The van der Waals surface area contributed by atoms with Gasteiger partial charge in [-0.25, -0.2) is 4.57 Å². The van der Waals surface area contributed by atoms with Gasteiger partial charge in [-0.2, -0.15) is 0 Å². The van der Waals surface area contributed by atoms with Crippen LogP contribution in [0.5, 0.6) is 0 Å². The van der Waals surface area contributed by atoms with Crippen LogP contribution < -0.4 is 5.73 Å². The summed E-state index contributed by atoms with van der Waals surface area (Å²) in [5.74, 6) is -2.45. The van der Waals surface area contributed by atoms with Crippen molar-refractivity contribution in [2.75, 3.05) is 19.8 Å². The molecule has 0 aromatic carbocycles. The van der Waals surface area contributed by atoms with E-state index < -0.39 is 51.1 Å². The van der Waals surface area contributed by atoms with E-state index in [1.165, 1.54) is 25.7 Å². The second kappa shape index (κ2) is 29.1. The Hall–Kier alpha value is -2.30. The number of phosphoric ester groups is 1. The summed E-state index contributed by atoms with van der Waals surface area (Å²) < 4.78 is 32.0. The summed E-state index contributed by atoms with van der Waals surface area (Å²) in [7, 11) is -4.69. The molecule has 12 heteroatoms. The van der Waals surface area contributed by atoms with Crippen LogP contribution in [0.4, 0.5) is 0 Å². The van der Waals surface area contributed by atoms with Crippen molar-refractivity contribution in [1.29, 1.82) is 0 Å². The molecule has 0 saturated carbocycles. The van der Waals surface area contributed by atoms with Crippen molar-refractivity contribution in [3.05, 3.63) is 36.5 Å². The molecule has 0 aromatic rings. The summed E-state index contributed by atoms with van der Waals surface area (Å²) in [4.78, 5) is 44.9. The second-order valence-electron chi connectivity index (χ2n) is 10.9. The fourth-order valence-electron chi connectivity index (χ4n) is 3.93. The molecular weight excluding hydrogens is 601 g/mol. The molecule has 3 atom stereocenters. The topological polar surface area (TPSA) is 172 Å². The SMILES string of the molecule is CCCCC/C=C\C/C=C\C/C=C\CCCCCCCCC(=O)OC(COC(=O)CCCC)COP(=O)(O)OCC(N)C(=O)O. The number of hydrogen-bond acceptors (Lipinski definition) is 9. The second-order valence-corrected chi connectivity index (χ2v) is 12.4. The van der Waals surface area contributed by atoms with Crippen LogP contribution in [0.3, 0.4) is 0 Å². The van der Waals surface area contributed by atoms with E-state index >= 15 is 0 Å². The normalized spacial score (nSPS) is 14.6. The smallest absolute Gasteiger partial charge is 0.472 e. The van der Waals surface area contributed by atoms with Crippen molar-refractivity contribution in [2.24, 2.45) is 5.73 Å². The maximum Gasteiger partial charge on any atom is 0.472 e. The number of rotatable bonds is 30. The molecule has 0 saturated heterocycles. The quantitative estimate of drug-likeness (QED) is 0.0305. The number of nitrogens with two attached hydrogens (primary N) is 1. The van der Waals surface area contributed by atoms with Gasteiger partial charge in [0.15, 0.2) is 6.10 Å². The molecule has 0 spiro atoms. The van der Waals surface area contributed by atoms with Crippen molar-refractivity contribution in [1.82, 2.24) is 0 Å². The molecule has 0 fully saturated rings. The summed E-state index contributed by atoms with van der Waals surface area (Å²) in [6, 6.07) is -1.52. The van der Waals surface area contributed by atoms with Crippen LogP contribution in [0.2, 0.25) is 0 Å². The number of hydrogen-bond donors (Lipinski definition) is 3. The molecule has 0 aliphatic carbocycles. The summed E-state index contributed by atoms with van der Waals surface area (Å²) in [6.07, 6.45) is 27.8. The van der Waals surface area contributed by atoms with Crippen LogP contribution in [0.15, 0.2) is 36.5 Å². The fraction of sp³-hybridized carbons (Fsp3) is 0.727. The number of allylic oxidation sites excluding steroid dienone is 6. The van der Waals surface area contributed by atoms with Crippen molar-refractivity contribution >= 4 is 25.7 Å². The Morgan fingerprint density at radius 2 is 1.20 bits per heavy atom. The predicted molar refractivity (Wildman–Crippen MR) is 175 cm³/mol. The van der Waals surface area contributed by atoms with E-state index in [2.05, 4.69) is 47.9 Å². The zero-order chi connectivity index (χ0) is 33.6. The Balaban J connectivity index is 4.22. The third-order valence-electron chi connectivity index (χ3n) is 6.64. The predicted octanol–water partition coefficient (Wildman–Crippen LogP) is 7.33. The van der Waals surface area contributed by atoms with Crippen molar-refractivity contribution in [2.45, 2.75) is 135 Å². The molecule has 0 bridgehead atoms. The lowest BCUT2D eigenvalue weighted by Gasteiger charge is -2.20. The lowest BCUT2D eigenvalue weighted by molar-refractivity contribution is -0.161. The average molecular weight is 660 g/mol. The van der Waals surface area contributed by atoms with Gasteiger partial charge >= 0.3 is 25.7 Å². The van der Waals surface area contributed by atoms with E-state index in [4.69, 9.17) is 24.8 Å². The minimum atomic E-state index is -4.69. The number of esters is 2. The molecule has 0 radical (unpaired) electrons. The molecule has 11 nitrogen and oxygen atoms in total. The number of phosphoric acid groups is 1. The van der Waals surface area contributed by atoms with Crippen LogP contribution in [0.1, 0.15) is 123 Å². The minimum Gasteiger partial charge on any atom is -0.480 e. The van der Waals surface area contributed by atoms with Crippen LogP contribution >= 0.6 is 7.82 Å². The summed E-state index contributed by atoms with van der Waals surface area (Å²) in [5, 5.41) is 8.78. The maximum atomic E-state index is 12.4. The first-order valence-electron chi connectivity index (χ1n) is 16.5. The highest BCUT2D eigenvalue weighted by Crippen LogP contribution is 2.43. The highest BCUT2D eigenvalue weighted by Gasteiger charge is 2.28. The average Bonchev–Trinajstić information content (AvgIpc) is 3.01. The van der Waals surface area contributed by atoms with E-state index in [-0.39, 0.29) is 19.4 Å². The molecule has 45 heavy (non-hydrogen) atoms. The van der Waals surface area contributed by atoms with E-state index in [0.717, 1.165) is 57.8 Å². The maximum absolute atomic E-state index is 12.4. The Morgan fingerprint density at radius 1 is 0.689 bits per heavy atom. The molecule has 3 unspecified atom stereocenters. The van der Waals surface area contributed by atoms with Crippen LogP contribution in [-0.4, -0.2) is 59.9 Å². The van der Waals surface area contributed by atoms with Gasteiger partial charge in [-0.3, -0.25) is 23.4 Å². The van der Waals surface area contributed by atoms with Crippen molar-refractivity contribution < 1.29 is 47.5 Å². The Bertz CT molecular complexity index is 921. The number of carbonyl (C=O) groups is 3. The van der Waals surface area contributed by atoms with E-state index in [1.807, 2.05) is 6.92 Å². The fourth-order valence-corrected chi connectivity index (χ4v) is 4.71. The lowest BCUT2D eigenvalue weighted by atomic mass is 10.1. The van der Waals surface area contributed by atoms with Crippen LogP contribution in [0.25, 0.3) is 0 Å². The number of carboxylic acid groups (broad SMARTS) is 1. The zero-order valence-corrected chi connectivity index (χ0v) is 28.3. The minimum absolute atomic E-state index is 0.145.